The fourth-order valence-corrected chi connectivity index (χ4v) is 2.50. The first-order valence-electron chi connectivity index (χ1n) is 5.85. The van der Waals surface area contributed by atoms with Crippen LogP contribution in [0.1, 0.15) is 0 Å². The molecular formula is C14H12F2O4S. The van der Waals surface area contributed by atoms with Gasteiger partial charge in [0.1, 0.15) is 11.5 Å². The molecule has 2 aromatic carbocycles. The molecule has 0 unspecified atom stereocenters. The molecule has 2 rings (SSSR count). The summed E-state index contributed by atoms with van der Waals surface area (Å²) in [5, 5.41) is 9.50. The number of hydrogen-bond acceptors (Lipinski definition) is 4. The molecule has 21 heavy (non-hydrogen) atoms. The summed E-state index contributed by atoms with van der Waals surface area (Å²) < 4.78 is 52.3. The summed E-state index contributed by atoms with van der Waals surface area (Å²) in [6, 6.07) is 9.41. The van der Waals surface area contributed by atoms with E-state index in [-0.39, 0.29) is 22.0 Å². The van der Waals surface area contributed by atoms with Crippen molar-refractivity contribution in [2.24, 2.45) is 0 Å². The van der Waals surface area contributed by atoms with E-state index in [1.54, 1.807) is 6.07 Å². The number of benzene rings is 2. The van der Waals surface area contributed by atoms with Crippen molar-refractivity contribution in [1.82, 2.24) is 0 Å². The molecule has 0 aliphatic carbocycles. The molecule has 0 aliphatic rings. The van der Waals surface area contributed by atoms with Gasteiger partial charge in [-0.15, -0.1) is 0 Å². The van der Waals surface area contributed by atoms with Gasteiger partial charge in [-0.25, -0.2) is 8.42 Å². The van der Waals surface area contributed by atoms with Crippen LogP contribution < -0.4 is 4.74 Å². The van der Waals surface area contributed by atoms with E-state index >= 15 is 0 Å². The van der Waals surface area contributed by atoms with Crippen LogP contribution in [0.25, 0.3) is 11.1 Å². The van der Waals surface area contributed by atoms with E-state index in [0.29, 0.717) is 5.56 Å². The monoisotopic (exact) mass is 314 g/mol. The number of phenolic OH excluding ortho intramolecular Hbond substituents is 1. The van der Waals surface area contributed by atoms with E-state index in [0.717, 1.165) is 6.26 Å². The number of phenols is 1. The number of halogens is 2. The topological polar surface area (TPSA) is 63.6 Å². The van der Waals surface area contributed by atoms with Gasteiger partial charge in [-0.05, 0) is 35.9 Å². The Bertz CT molecular complexity index is 757. The quantitative estimate of drug-likeness (QED) is 0.942. The zero-order chi connectivity index (χ0) is 15.6. The molecule has 1 N–H and O–H groups in total. The Hall–Kier alpha value is -2.15. The molecular weight excluding hydrogens is 302 g/mol. The molecule has 2 aromatic rings. The molecule has 4 nitrogen and oxygen atoms in total. The lowest BCUT2D eigenvalue weighted by atomic mass is 10.0. The SMILES string of the molecule is CS(=O)(=O)c1cccc(-c2cc(O)ccc2OC(F)F)c1. The van der Waals surface area contributed by atoms with Crippen LogP contribution in [0.15, 0.2) is 47.4 Å². The van der Waals surface area contributed by atoms with Crippen LogP contribution in [0.3, 0.4) is 0 Å². The lowest BCUT2D eigenvalue weighted by Gasteiger charge is -2.12. The van der Waals surface area contributed by atoms with Crippen LogP contribution in [0.5, 0.6) is 11.5 Å². The van der Waals surface area contributed by atoms with Gasteiger partial charge in [0.25, 0.3) is 0 Å². The van der Waals surface area contributed by atoms with Crippen LogP contribution in [-0.4, -0.2) is 26.4 Å². The minimum Gasteiger partial charge on any atom is -0.508 e. The van der Waals surface area contributed by atoms with Gasteiger partial charge < -0.3 is 9.84 Å². The Morgan fingerprint density at radius 1 is 1.14 bits per heavy atom. The highest BCUT2D eigenvalue weighted by Crippen LogP contribution is 2.35. The van der Waals surface area contributed by atoms with Crippen LogP contribution in [0.2, 0.25) is 0 Å². The second kappa shape index (κ2) is 5.69. The van der Waals surface area contributed by atoms with E-state index in [2.05, 4.69) is 4.74 Å². The summed E-state index contributed by atoms with van der Waals surface area (Å²) in [4.78, 5) is 0.0475. The highest BCUT2D eigenvalue weighted by Gasteiger charge is 2.14. The van der Waals surface area contributed by atoms with Crippen LogP contribution in [-0.2, 0) is 9.84 Å². The van der Waals surface area contributed by atoms with Gasteiger partial charge >= 0.3 is 6.61 Å². The molecule has 0 amide bonds. The molecule has 0 fully saturated rings. The van der Waals surface area contributed by atoms with Crippen molar-refractivity contribution in [3.05, 3.63) is 42.5 Å². The number of sulfone groups is 1. The van der Waals surface area contributed by atoms with E-state index in [1.165, 1.54) is 36.4 Å². The minimum absolute atomic E-state index is 0.0475. The normalized spacial score (nSPS) is 11.6. The molecule has 0 saturated heterocycles. The van der Waals surface area contributed by atoms with Gasteiger partial charge in [-0.2, -0.15) is 8.78 Å². The predicted octanol–water partition coefficient (Wildman–Crippen LogP) is 3.06. The number of rotatable bonds is 4. The molecule has 0 spiro atoms. The van der Waals surface area contributed by atoms with Crippen molar-refractivity contribution in [2.75, 3.05) is 6.26 Å². The first-order chi connectivity index (χ1) is 9.77. The Morgan fingerprint density at radius 3 is 2.48 bits per heavy atom. The van der Waals surface area contributed by atoms with Crippen LogP contribution in [0.4, 0.5) is 8.78 Å². The fourth-order valence-electron chi connectivity index (χ4n) is 1.84. The fraction of sp³-hybridized carbons (Fsp3) is 0.143. The molecule has 0 aromatic heterocycles. The first kappa shape index (κ1) is 15.2. The summed E-state index contributed by atoms with van der Waals surface area (Å²) in [5.74, 6) is -0.287. The van der Waals surface area contributed by atoms with E-state index in [4.69, 9.17) is 0 Å². The summed E-state index contributed by atoms with van der Waals surface area (Å²) >= 11 is 0. The van der Waals surface area contributed by atoms with Crippen molar-refractivity contribution in [2.45, 2.75) is 11.5 Å². The Balaban J connectivity index is 2.58. The van der Waals surface area contributed by atoms with Crippen LogP contribution >= 0.6 is 0 Å². The van der Waals surface area contributed by atoms with Gasteiger partial charge in [0, 0.05) is 11.8 Å². The average Bonchev–Trinajstić information content (AvgIpc) is 2.39. The number of aromatic hydroxyl groups is 1. The van der Waals surface area contributed by atoms with Crippen molar-refractivity contribution in [3.8, 4) is 22.6 Å². The molecule has 7 heteroatoms. The van der Waals surface area contributed by atoms with Crippen molar-refractivity contribution >= 4 is 9.84 Å². The Morgan fingerprint density at radius 2 is 1.86 bits per heavy atom. The molecule has 0 atom stereocenters. The molecule has 0 heterocycles. The summed E-state index contributed by atoms with van der Waals surface area (Å²) in [6.07, 6.45) is 1.05. The Labute approximate surface area is 120 Å². The maximum absolute atomic E-state index is 12.4. The highest BCUT2D eigenvalue weighted by atomic mass is 32.2. The second-order valence-corrected chi connectivity index (χ2v) is 6.37. The lowest BCUT2D eigenvalue weighted by molar-refractivity contribution is -0.0494. The minimum atomic E-state index is -3.43. The molecule has 0 radical (unpaired) electrons. The average molecular weight is 314 g/mol. The summed E-state index contributed by atoms with van der Waals surface area (Å²) in [5.41, 5.74) is 0.533. The van der Waals surface area contributed by atoms with E-state index < -0.39 is 16.4 Å². The first-order valence-corrected chi connectivity index (χ1v) is 7.75. The van der Waals surface area contributed by atoms with Crippen molar-refractivity contribution < 1.29 is 27.0 Å². The molecule has 0 aliphatic heterocycles. The Kier molecular flexibility index (Phi) is 4.13. The maximum atomic E-state index is 12.4. The van der Waals surface area contributed by atoms with Crippen molar-refractivity contribution in [1.29, 1.82) is 0 Å². The second-order valence-electron chi connectivity index (χ2n) is 4.36. The van der Waals surface area contributed by atoms with E-state index in [1.807, 2.05) is 0 Å². The maximum Gasteiger partial charge on any atom is 0.387 e. The highest BCUT2D eigenvalue weighted by molar-refractivity contribution is 7.90. The number of hydrogen-bond donors (Lipinski definition) is 1. The third-order valence-electron chi connectivity index (χ3n) is 2.75. The van der Waals surface area contributed by atoms with Gasteiger partial charge in [0.2, 0.25) is 0 Å². The van der Waals surface area contributed by atoms with Gasteiger partial charge in [-0.1, -0.05) is 12.1 Å². The smallest absolute Gasteiger partial charge is 0.387 e. The largest absolute Gasteiger partial charge is 0.508 e. The number of ether oxygens (including phenoxy) is 1. The summed E-state index contributed by atoms with van der Waals surface area (Å²) in [7, 11) is -3.43. The predicted molar refractivity (Wildman–Crippen MR) is 73.3 cm³/mol. The molecule has 112 valence electrons. The van der Waals surface area contributed by atoms with Gasteiger partial charge in [0.05, 0.1) is 4.90 Å². The van der Waals surface area contributed by atoms with Gasteiger partial charge in [0.15, 0.2) is 9.84 Å². The van der Waals surface area contributed by atoms with E-state index in [9.17, 15) is 22.3 Å². The third-order valence-corrected chi connectivity index (χ3v) is 3.86. The van der Waals surface area contributed by atoms with Crippen molar-refractivity contribution in [3.63, 3.8) is 0 Å². The van der Waals surface area contributed by atoms with Gasteiger partial charge in [-0.3, -0.25) is 0 Å². The summed E-state index contributed by atoms with van der Waals surface area (Å²) in [6.45, 7) is -3.02. The van der Waals surface area contributed by atoms with Crippen LogP contribution in [0, 0.1) is 0 Å². The molecule has 0 bridgehead atoms. The zero-order valence-electron chi connectivity index (χ0n) is 11.0. The molecule has 0 saturated carbocycles. The lowest BCUT2D eigenvalue weighted by Crippen LogP contribution is -2.03. The number of alkyl halides is 2. The standard InChI is InChI=1S/C14H12F2O4S/c1-21(18,19)11-4-2-3-9(7-11)12-8-10(17)5-6-13(12)20-14(15)16/h2-8,14,17H,1H3. The zero-order valence-corrected chi connectivity index (χ0v) is 11.8. The third kappa shape index (κ3) is 3.69.